The monoisotopic (exact) mass is 310 g/mol. The zero-order valence-electron chi connectivity index (χ0n) is 11.3. The highest BCUT2D eigenvalue weighted by atomic mass is 35.5. The molecule has 1 amide bonds. The Morgan fingerprint density at radius 1 is 1.43 bits per heavy atom. The fourth-order valence-corrected chi connectivity index (χ4v) is 2.37. The molecule has 1 aliphatic rings. The van der Waals surface area contributed by atoms with E-state index >= 15 is 0 Å². The van der Waals surface area contributed by atoms with Crippen LogP contribution in [-0.4, -0.2) is 63.8 Å². The van der Waals surface area contributed by atoms with Gasteiger partial charge in [0.2, 0.25) is 11.2 Å². The van der Waals surface area contributed by atoms with Crippen molar-refractivity contribution in [3.8, 4) is 0 Å². The molecule has 0 bridgehead atoms. The van der Waals surface area contributed by atoms with Gasteiger partial charge in [0.1, 0.15) is 5.82 Å². The number of H-pyrrole nitrogens is 1. The number of carbonyl (C=O) groups is 1. The van der Waals surface area contributed by atoms with Gasteiger partial charge in [-0.05, 0) is 11.6 Å². The third-order valence-electron chi connectivity index (χ3n) is 3.28. The molecule has 3 heterocycles. The maximum absolute atomic E-state index is 12.0. The summed E-state index contributed by atoms with van der Waals surface area (Å²) in [4.78, 5) is 22.0. The third-order valence-corrected chi connectivity index (χ3v) is 3.45. The van der Waals surface area contributed by atoms with Crippen LogP contribution in [0.2, 0.25) is 5.28 Å². The minimum atomic E-state index is 0.106. The number of nitrogens with zero attached hydrogens (tertiary/aromatic N) is 4. The molecule has 2 N–H and O–H groups in total. The van der Waals surface area contributed by atoms with Crippen LogP contribution in [0.15, 0.2) is 6.20 Å². The van der Waals surface area contributed by atoms with E-state index in [4.69, 9.17) is 16.3 Å². The Hall–Kier alpha value is -1.93. The van der Waals surface area contributed by atoms with E-state index < -0.39 is 0 Å². The number of halogens is 1. The van der Waals surface area contributed by atoms with Crippen molar-refractivity contribution in [2.24, 2.45) is 0 Å². The number of aromatic amines is 1. The minimum Gasteiger partial charge on any atom is -0.378 e. The number of nitrogens with one attached hydrogen (secondary N) is 2. The number of hydrogen-bond donors (Lipinski definition) is 2. The van der Waals surface area contributed by atoms with Crippen molar-refractivity contribution in [2.75, 3.05) is 38.2 Å². The first-order valence-electron chi connectivity index (χ1n) is 6.70. The number of rotatable bonds is 4. The average Bonchev–Trinajstić information content (AvgIpc) is 2.96. The Labute approximate surface area is 125 Å². The molecule has 0 saturated carbocycles. The lowest BCUT2D eigenvalue weighted by molar-refractivity contribution is -0.134. The molecule has 0 aromatic carbocycles. The van der Waals surface area contributed by atoms with E-state index in [0.717, 1.165) is 5.39 Å². The molecule has 2 aromatic rings. The summed E-state index contributed by atoms with van der Waals surface area (Å²) in [6.07, 6.45) is 2.01. The molecule has 0 spiro atoms. The highest BCUT2D eigenvalue weighted by Crippen LogP contribution is 2.19. The van der Waals surface area contributed by atoms with Gasteiger partial charge in [-0.25, -0.2) is 0 Å². The first-order chi connectivity index (χ1) is 10.2. The summed E-state index contributed by atoms with van der Waals surface area (Å²) in [5.74, 6) is 0.683. The molecule has 1 aliphatic heterocycles. The first kappa shape index (κ1) is 14.0. The molecule has 2 aromatic heterocycles. The van der Waals surface area contributed by atoms with Crippen LogP contribution in [-0.2, 0) is 9.53 Å². The molecule has 0 radical (unpaired) electrons. The number of fused-ring (bicyclic) bond motifs is 1. The van der Waals surface area contributed by atoms with Crippen LogP contribution in [0.4, 0.5) is 5.82 Å². The normalized spacial score (nSPS) is 15.4. The van der Waals surface area contributed by atoms with Gasteiger partial charge >= 0.3 is 0 Å². The Bertz CT molecular complexity index is 640. The van der Waals surface area contributed by atoms with Gasteiger partial charge in [-0.1, -0.05) is 0 Å². The standard InChI is InChI=1S/C12H15ClN6O2/c13-12-16-10(8-7-15-18-11(8)17-12)14-2-1-9(20)19-3-5-21-6-4-19/h7H,1-6H2,(H2,14,15,16,17,18). The fourth-order valence-electron chi connectivity index (χ4n) is 2.20. The number of amides is 1. The topological polar surface area (TPSA) is 96.0 Å². The van der Waals surface area contributed by atoms with Gasteiger partial charge in [0.25, 0.3) is 0 Å². The molecule has 21 heavy (non-hydrogen) atoms. The van der Waals surface area contributed by atoms with Crippen LogP contribution in [0.1, 0.15) is 6.42 Å². The Morgan fingerprint density at radius 2 is 2.24 bits per heavy atom. The van der Waals surface area contributed by atoms with E-state index in [0.29, 0.717) is 50.7 Å². The summed E-state index contributed by atoms with van der Waals surface area (Å²) in [5, 5.41) is 10.6. The van der Waals surface area contributed by atoms with E-state index in [1.807, 2.05) is 4.90 Å². The number of morpholine rings is 1. The lowest BCUT2D eigenvalue weighted by Crippen LogP contribution is -2.41. The summed E-state index contributed by atoms with van der Waals surface area (Å²) < 4.78 is 5.22. The van der Waals surface area contributed by atoms with Gasteiger partial charge in [0, 0.05) is 26.1 Å². The summed E-state index contributed by atoms with van der Waals surface area (Å²) in [6.45, 7) is 3.00. The van der Waals surface area contributed by atoms with Gasteiger partial charge in [-0.15, -0.1) is 0 Å². The summed E-state index contributed by atoms with van der Waals surface area (Å²) >= 11 is 5.84. The Morgan fingerprint density at radius 3 is 3.05 bits per heavy atom. The Balaban J connectivity index is 1.59. The fraction of sp³-hybridized carbons (Fsp3) is 0.500. The molecule has 112 valence electrons. The molecule has 1 fully saturated rings. The van der Waals surface area contributed by atoms with Crippen molar-refractivity contribution in [1.29, 1.82) is 0 Å². The molecule has 9 heteroatoms. The zero-order chi connectivity index (χ0) is 14.7. The molecule has 3 rings (SSSR count). The van der Waals surface area contributed by atoms with Gasteiger partial charge in [-0.3, -0.25) is 9.89 Å². The van der Waals surface area contributed by atoms with Gasteiger partial charge < -0.3 is 15.0 Å². The van der Waals surface area contributed by atoms with E-state index in [-0.39, 0.29) is 11.2 Å². The highest BCUT2D eigenvalue weighted by molar-refractivity contribution is 6.28. The second-order valence-electron chi connectivity index (χ2n) is 4.64. The highest BCUT2D eigenvalue weighted by Gasteiger charge is 2.16. The van der Waals surface area contributed by atoms with Crippen LogP contribution in [0.5, 0.6) is 0 Å². The van der Waals surface area contributed by atoms with E-state index in [1.54, 1.807) is 6.20 Å². The van der Waals surface area contributed by atoms with Crippen molar-refractivity contribution in [3.63, 3.8) is 0 Å². The molecule has 1 saturated heterocycles. The lowest BCUT2D eigenvalue weighted by atomic mass is 10.3. The second kappa shape index (κ2) is 6.23. The van der Waals surface area contributed by atoms with Crippen LogP contribution in [0, 0.1) is 0 Å². The number of hydrogen-bond acceptors (Lipinski definition) is 6. The van der Waals surface area contributed by atoms with Crippen LogP contribution in [0.3, 0.4) is 0 Å². The smallest absolute Gasteiger partial charge is 0.226 e. The molecule has 8 nitrogen and oxygen atoms in total. The van der Waals surface area contributed by atoms with E-state index in [9.17, 15) is 4.79 Å². The number of carbonyl (C=O) groups excluding carboxylic acids is 1. The van der Waals surface area contributed by atoms with Crippen molar-refractivity contribution in [2.45, 2.75) is 6.42 Å². The van der Waals surface area contributed by atoms with Gasteiger partial charge in [0.05, 0.1) is 24.8 Å². The van der Waals surface area contributed by atoms with Crippen LogP contribution < -0.4 is 5.32 Å². The third kappa shape index (κ3) is 3.22. The maximum atomic E-state index is 12.0. The van der Waals surface area contributed by atoms with Crippen LogP contribution in [0.25, 0.3) is 11.0 Å². The van der Waals surface area contributed by atoms with Crippen LogP contribution >= 0.6 is 11.6 Å². The maximum Gasteiger partial charge on any atom is 0.226 e. The van der Waals surface area contributed by atoms with E-state index in [1.165, 1.54) is 0 Å². The molecule has 0 unspecified atom stereocenters. The largest absolute Gasteiger partial charge is 0.378 e. The minimum absolute atomic E-state index is 0.106. The van der Waals surface area contributed by atoms with Crippen molar-refractivity contribution in [3.05, 3.63) is 11.5 Å². The Kier molecular flexibility index (Phi) is 4.16. The quantitative estimate of drug-likeness (QED) is 0.806. The summed E-state index contributed by atoms with van der Waals surface area (Å²) in [5.41, 5.74) is 0.567. The average molecular weight is 311 g/mol. The first-order valence-corrected chi connectivity index (χ1v) is 7.08. The number of ether oxygens (including phenoxy) is 1. The SMILES string of the molecule is O=C(CCNc1nc(Cl)nc2[nH]ncc12)N1CCOCC1. The van der Waals surface area contributed by atoms with Crippen molar-refractivity contribution >= 4 is 34.4 Å². The van der Waals surface area contributed by atoms with Crippen molar-refractivity contribution < 1.29 is 9.53 Å². The van der Waals surface area contributed by atoms with E-state index in [2.05, 4.69) is 25.5 Å². The molecular weight excluding hydrogens is 296 g/mol. The molecule has 0 atom stereocenters. The molecule has 0 aliphatic carbocycles. The number of aromatic nitrogens is 4. The number of anilines is 1. The summed E-state index contributed by atoms with van der Waals surface area (Å²) in [6, 6.07) is 0. The second-order valence-corrected chi connectivity index (χ2v) is 4.98. The van der Waals surface area contributed by atoms with Gasteiger partial charge in [0.15, 0.2) is 5.65 Å². The lowest BCUT2D eigenvalue weighted by Gasteiger charge is -2.26. The summed E-state index contributed by atoms with van der Waals surface area (Å²) in [7, 11) is 0. The zero-order valence-corrected chi connectivity index (χ0v) is 12.1. The molecular formula is C12H15ClN6O2. The van der Waals surface area contributed by atoms with Crippen molar-refractivity contribution in [1.82, 2.24) is 25.1 Å². The predicted molar refractivity (Wildman–Crippen MR) is 77.2 cm³/mol. The van der Waals surface area contributed by atoms with Gasteiger partial charge in [-0.2, -0.15) is 15.1 Å². The predicted octanol–water partition coefficient (Wildman–Crippen LogP) is 0.667.